The molecule has 0 fully saturated rings. The fraction of sp³-hybridized carbons (Fsp3) is 0.182. The first kappa shape index (κ1) is 13.6. The molecule has 0 aromatic carbocycles. The maximum absolute atomic E-state index is 12.3. The molecule has 0 amide bonds. The summed E-state index contributed by atoms with van der Waals surface area (Å²) < 4.78 is 25.8. The molecule has 98 valence electrons. The molecular formula is C11H10N4O2S2. The molecule has 0 unspecified atom stereocenters. The summed E-state index contributed by atoms with van der Waals surface area (Å²) in [5, 5.41) is 10.7. The van der Waals surface area contributed by atoms with Gasteiger partial charge in [0.25, 0.3) is 0 Å². The van der Waals surface area contributed by atoms with E-state index >= 15 is 0 Å². The first-order valence-electron chi connectivity index (χ1n) is 5.24. The summed E-state index contributed by atoms with van der Waals surface area (Å²) in [5.74, 6) is 0. The van der Waals surface area contributed by atoms with E-state index in [-0.39, 0.29) is 17.1 Å². The molecule has 0 bridgehead atoms. The zero-order valence-corrected chi connectivity index (χ0v) is 11.6. The highest BCUT2D eigenvalue weighted by atomic mass is 32.2. The van der Waals surface area contributed by atoms with Crippen LogP contribution in [-0.4, -0.2) is 29.7 Å². The third kappa shape index (κ3) is 2.78. The molecular weight excluding hydrogens is 284 g/mol. The van der Waals surface area contributed by atoms with Crippen LogP contribution in [0.3, 0.4) is 0 Å². The van der Waals surface area contributed by atoms with Crippen LogP contribution in [-0.2, 0) is 16.6 Å². The highest BCUT2D eigenvalue weighted by Crippen LogP contribution is 2.18. The number of aromatic nitrogens is 2. The molecule has 2 aromatic rings. The summed E-state index contributed by atoms with van der Waals surface area (Å²) in [4.78, 5) is 7.71. The van der Waals surface area contributed by atoms with E-state index in [1.807, 2.05) is 0 Å². The minimum Gasteiger partial charge on any atom is -0.248 e. The summed E-state index contributed by atoms with van der Waals surface area (Å²) in [7, 11) is -2.30. The lowest BCUT2D eigenvalue weighted by molar-refractivity contribution is 0.462. The highest BCUT2D eigenvalue weighted by molar-refractivity contribution is 7.89. The number of thiazole rings is 1. The molecule has 6 nitrogen and oxygen atoms in total. The van der Waals surface area contributed by atoms with E-state index in [1.165, 1.54) is 36.7 Å². The maximum atomic E-state index is 12.3. The van der Waals surface area contributed by atoms with Gasteiger partial charge in [-0.3, -0.25) is 0 Å². The maximum Gasteiger partial charge on any atom is 0.246 e. The van der Waals surface area contributed by atoms with Crippen molar-refractivity contribution in [2.24, 2.45) is 0 Å². The Morgan fingerprint density at radius 2 is 2.26 bits per heavy atom. The summed E-state index contributed by atoms with van der Waals surface area (Å²) in [6.07, 6.45) is 1.39. The highest BCUT2D eigenvalue weighted by Gasteiger charge is 2.25. The van der Waals surface area contributed by atoms with Crippen LogP contribution in [0.15, 0.2) is 34.1 Å². The summed E-state index contributed by atoms with van der Waals surface area (Å²) in [6, 6.07) is 4.65. The van der Waals surface area contributed by atoms with Gasteiger partial charge in [-0.15, -0.1) is 11.3 Å². The molecule has 0 N–H and O–H groups in total. The molecule has 2 aromatic heterocycles. The van der Waals surface area contributed by atoms with Gasteiger partial charge in [-0.25, -0.2) is 18.4 Å². The molecule has 8 heteroatoms. The van der Waals surface area contributed by atoms with Crippen LogP contribution >= 0.6 is 11.3 Å². The molecule has 2 heterocycles. The molecule has 19 heavy (non-hydrogen) atoms. The Balaban J connectivity index is 2.34. The second-order valence-corrected chi connectivity index (χ2v) is 6.43. The molecule has 0 spiro atoms. The largest absolute Gasteiger partial charge is 0.248 e. The molecule has 0 aliphatic carbocycles. The van der Waals surface area contributed by atoms with Gasteiger partial charge in [0, 0.05) is 18.6 Å². The first-order valence-corrected chi connectivity index (χ1v) is 7.62. The Labute approximate surface area is 115 Å². The Kier molecular flexibility index (Phi) is 3.90. The van der Waals surface area contributed by atoms with Crippen molar-refractivity contribution < 1.29 is 8.42 Å². The monoisotopic (exact) mass is 294 g/mol. The van der Waals surface area contributed by atoms with E-state index in [9.17, 15) is 8.42 Å². The van der Waals surface area contributed by atoms with E-state index in [0.29, 0.717) is 5.69 Å². The number of hydrogen-bond donors (Lipinski definition) is 0. The molecule has 0 saturated heterocycles. The van der Waals surface area contributed by atoms with Crippen molar-refractivity contribution in [3.05, 3.63) is 40.6 Å². The van der Waals surface area contributed by atoms with E-state index in [0.717, 1.165) is 4.31 Å². The second-order valence-electron chi connectivity index (χ2n) is 3.70. The predicted octanol–water partition coefficient (Wildman–Crippen LogP) is 1.23. The van der Waals surface area contributed by atoms with E-state index in [4.69, 9.17) is 5.26 Å². The van der Waals surface area contributed by atoms with Crippen molar-refractivity contribution in [3.8, 4) is 6.07 Å². The van der Waals surface area contributed by atoms with Crippen LogP contribution in [0.1, 0.15) is 11.4 Å². The smallest absolute Gasteiger partial charge is 0.246 e. The van der Waals surface area contributed by atoms with Crippen LogP contribution in [0.4, 0.5) is 0 Å². The van der Waals surface area contributed by atoms with Crippen molar-refractivity contribution in [2.45, 2.75) is 11.4 Å². The van der Waals surface area contributed by atoms with Crippen LogP contribution in [0.2, 0.25) is 0 Å². The summed E-state index contributed by atoms with van der Waals surface area (Å²) in [6.45, 7) is 0.158. The fourth-order valence-corrected chi connectivity index (χ4v) is 3.26. The Morgan fingerprint density at radius 3 is 2.89 bits per heavy atom. The van der Waals surface area contributed by atoms with Gasteiger partial charge in [0.1, 0.15) is 11.0 Å². The SMILES string of the molecule is CN(Cc1cscn1)S(=O)(=O)c1cccnc1C#N. The van der Waals surface area contributed by atoms with Crippen molar-refractivity contribution in [3.63, 3.8) is 0 Å². The zero-order valence-electron chi connectivity index (χ0n) is 10.0. The molecule has 0 atom stereocenters. The summed E-state index contributed by atoms with van der Waals surface area (Å²) in [5.41, 5.74) is 2.20. The molecule has 2 rings (SSSR count). The number of hydrogen-bond acceptors (Lipinski definition) is 6. The lowest BCUT2D eigenvalue weighted by Gasteiger charge is -2.16. The summed E-state index contributed by atoms with van der Waals surface area (Å²) >= 11 is 1.40. The van der Waals surface area contributed by atoms with E-state index in [2.05, 4.69) is 9.97 Å². The number of rotatable bonds is 4. The average molecular weight is 294 g/mol. The van der Waals surface area contributed by atoms with E-state index in [1.54, 1.807) is 17.0 Å². The van der Waals surface area contributed by atoms with Crippen molar-refractivity contribution in [1.29, 1.82) is 5.26 Å². The normalized spacial score (nSPS) is 11.4. The Hall–Kier alpha value is -1.82. The van der Waals surface area contributed by atoms with Crippen molar-refractivity contribution in [2.75, 3.05) is 7.05 Å². The third-order valence-corrected chi connectivity index (χ3v) is 4.90. The van der Waals surface area contributed by atoms with Gasteiger partial charge in [-0.2, -0.15) is 9.57 Å². The molecule has 0 aliphatic rings. The number of nitriles is 1. The van der Waals surface area contributed by atoms with Gasteiger partial charge in [-0.05, 0) is 12.1 Å². The lowest BCUT2D eigenvalue weighted by atomic mass is 10.4. The second kappa shape index (κ2) is 5.44. The van der Waals surface area contributed by atoms with Gasteiger partial charge in [-0.1, -0.05) is 0 Å². The van der Waals surface area contributed by atoms with Gasteiger partial charge in [0.05, 0.1) is 17.7 Å². The van der Waals surface area contributed by atoms with Crippen LogP contribution < -0.4 is 0 Å². The van der Waals surface area contributed by atoms with Crippen LogP contribution in [0, 0.1) is 11.3 Å². The quantitative estimate of drug-likeness (QED) is 0.846. The van der Waals surface area contributed by atoms with Crippen LogP contribution in [0.25, 0.3) is 0 Å². The topological polar surface area (TPSA) is 87.0 Å². The van der Waals surface area contributed by atoms with Crippen molar-refractivity contribution in [1.82, 2.24) is 14.3 Å². The lowest BCUT2D eigenvalue weighted by Crippen LogP contribution is -2.27. The number of pyridine rings is 1. The zero-order chi connectivity index (χ0) is 13.9. The first-order chi connectivity index (χ1) is 9.05. The molecule has 0 radical (unpaired) electrons. The molecule has 0 aliphatic heterocycles. The van der Waals surface area contributed by atoms with Gasteiger partial charge >= 0.3 is 0 Å². The van der Waals surface area contributed by atoms with E-state index < -0.39 is 10.0 Å². The van der Waals surface area contributed by atoms with Crippen molar-refractivity contribution >= 4 is 21.4 Å². The fourth-order valence-electron chi connectivity index (χ4n) is 1.48. The Bertz CT molecular complexity index is 705. The standard InChI is InChI=1S/C11H10N4O2S2/c1-15(6-9-7-18-8-14-9)19(16,17)11-3-2-4-13-10(11)5-12/h2-4,7-8H,6H2,1H3. The minimum absolute atomic E-state index is 0.0878. The third-order valence-electron chi connectivity index (χ3n) is 2.43. The predicted molar refractivity (Wildman–Crippen MR) is 69.7 cm³/mol. The number of sulfonamides is 1. The van der Waals surface area contributed by atoms with Gasteiger partial charge in [0.15, 0.2) is 5.69 Å². The van der Waals surface area contributed by atoms with Gasteiger partial charge in [0.2, 0.25) is 10.0 Å². The Morgan fingerprint density at radius 1 is 1.47 bits per heavy atom. The average Bonchev–Trinajstić information content (AvgIpc) is 2.91. The van der Waals surface area contributed by atoms with Gasteiger partial charge < -0.3 is 0 Å². The number of nitrogens with zero attached hydrogens (tertiary/aromatic N) is 4. The molecule has 0 saturated carbocycles. The van der Waals surface area contributed by atoms with Crippen LogP contribution in [0.5, 0.6) is 0 Å². The minimum atomic E-state index is -3.74.